The molecule has 1 unspecified atom stereocenters. The second-order valence-corrected chi connectivity index (χ2v) is 8.88. The van der Waals surface area contributed by atoms with Crippen LogP contribution in [-0.2, 0) is 0 Å². The smallest absolute Gasteiger partial charge is 0.282 e. The van der Waals surface area contributed by atoms with Crippen LogP contribution < -0.4 is 5.43 Å². The highest BCUT2D eigenvalue weighted by atomic mass is 35.5. The molecule has 0 radical (unpaired) electrons. The van der Waals surface area contributed by atoms with Crippen molar-refractivity contribution >= 4 is 75.2 Å². The van der Waals surface area contributed by atoms with Gasteiger partial charge in [-0.1, -0.05) is 76.7 Å². The Labute approximate surface area is 221 Å². The first-order valence-electron chi connectivity index (χ1n) is 9.80. The second kappa shape index (κ2) is 9.82. The zero-order valence-electron chi connectivity index (χ0n) is 17.5. The van der Waals surface area contributed by atoms with Gasteiger partial charge >= 0.3 is 0 Å². The number of Topliss-reactive ketones (excluding diaryl/α,β-unsaturated/α-hetero) is 1. The number of non-ortho nitro benzene ring substituents is 1. The van der Waals surface area contributed by atoms with Gasteiger partial charge in [0.25, 0.3) is 17.3 Å². The minimum absolute atomic E-state index is 0.0313. The van der Waals surface area contributed by atoms with Gasteiger partial charge in [0.05, 0.1) is 41.6 Å². The molecule has 1 N–H and O–H groups in total. The standard InChI is InChI=1S/C22H10Cl4N4O6/c23-16-14-15(17(24)19(26)18(16)25)21(31)13(9-4-2-1-3-5-9)20(14)27-28-22(32)11-8-10(29(33)34)6-7-12(11)30(35)36/h1-8,13H,(H,28,32)/b27-20-. The number of halogens is 4. The fourth-order valence-electron chi connectivity index (χ4n) is 3.74. The number of nitrogens with zero attached hydrogens (tertiary/aromatic N) is 3. The molecule has 0 heterocycles. The molecule has 14 heteroatoms. The maximum Gasteiger partial charge on any atom is 0.282 e. The molecule has 0 aromatic heterocycles. The molecule has 4 rings (SSSR count). The summed E-state index contributed by atoms with van der Waals surface area (Å²) in [7, 11) is 0. The van der Waals surface area contributed by atoms with Gasteiger partial charge in [0.1, 0.15) is 5.56 Å². The van der Waals surface area contributed by atoms with Crippen LogP contribution in [0.15, 0.2) is 53.6 Å². The number of hydrazone groups is 1. The van der Waals surface area contributed by atoms with Crippen LogP contribution in [0.5, 0.6) is 0 Å². The minimum atomic E-state index is -1.13. The molecule has 182 valence electrons. The van der Waals surface area contributed by atoms with Crippen molar-refractivity contribution in [2.45, 2.75) is 5.92 Å². The lowest BCUT2D eigenvalue weighted by atomic mass is 9.94. The number of rotatable bonds is 5. The lowest BCUT2D eigenvalue weighted by Crippen LogP contribution is -2.23. The molecule has 0 fully saturated rings. The van der Waals surface area contributed by atoms with Gasteiger partial charge in [-0.25, -0.2) is 5.43 Å². The molecule has 1 aliphatic carbocycles. The van der Waals surface area contributed by atoms with E-state index in [4.69, 9.17) is 46.4 Å². The van der Waals surface area contributed by atoms with Gasteiger partial charge in [-0.15, -0.1) is 0 Å². The van der Waals surface area contributed by atoms with Gasteiger partial charge in [0, 0.05) is 29.3 Å². The highest BCUT2D eigenvalue weighted by molar-refractivity contribution is 6.56. The van der Waals surface area contributed by atoms with E-state index in [1.54, 1.807) is 30.3 Å². The molecule has 1 amide bonds. The third-order valence-electron chi connectivity index (χ3n) is 5.35. The number of carbonyl (C=O) groups is 2. The van der Waals surface area contributed by atoms with Crippen molar-refractivity contribution in [3.63, 3.8) is 0 Å². The monoisotopic (exact) mass is 566 g/mol. The molecular formula is C22H10Cl4N4O6. The zero-order valence-corrected chi connectivity index (χ0v) is 20.5. The summed E-state index contributed by atoms with van der Waals surface area (Å²) in [6.07, 6.45) is 0. The van der Waals surface area contributed by atoms with Crippen molar-refractivity contribution in [2.75, 3.05) is 0 Å². The van der Waals surface area contributed by atoms with Crippen LogP contribution in [-0.4, -0.2) is 27.2 Å². The second-order valence-electron chi connectivity index (χ2n) is 7.37. The Morgan fingerprint density at radius 3 is 2.06 bits per heavy atom. The van der Waals surface area contributed by atoms with Gasteiger partial charge < -0.3 is 0 Å². The summed E-state index contributed by atoms with van der Waals surface area (Å²) < 4.78 is 0. The summed E-state index contributed by atoms with van der Waals surface area (Å²) in [5.74, 6) is -2.73. The predicted octanol–water partition coefficient (Wildman–Crippen LogP) is 6.23. The number of hydrogen-bond acceptors (Lipinski definition) is 7. The lowest BCUT2D eigenvalue weighted by molar-refractivity contribution is -0.389. The molecule has 1 atom stereocenters. The van der Waals surface area contributed by atoms with Gasteiger partial charge in [0.2, 0.25) is 0 Å². The fraction of sp³-hybridized carbons (Fsp3) is 0.0455. The van der Waals surface area contributed by atoms with E-state index in [9.17, 15) is 29.8 Å². The first kappa shape index (κ1) is 25.5. The van der Waals surface area contributed by atoms with E-state index in [1.165, 1.54) is 0 Å². The molecule has 0 spiro atoms. The molecule has 10 nitrogen and oxygen atoms in total. The molecule has 0 bridgehead atoms. The molecule has 3 aromatic rings. The van der Waals surface area contributed by atoms with Crippen molar-refractivity contribution in [1.29, 1.82) is 0 Å². The molecule has 1 aliphatic rings. The van der Waals surface area contributed by atoms with Crippen molar-refractivity contribution in [3.8, 4) is 0 Å². The normalized spacial score (nSPS) is 15.6. The summed E-state index contributed by atoms with van der Waals surface area (Å²) in [6, 6.07) is 10.8. The molecule has 0 saturated carbocycles. The summed E-state index contributed by atoms with van der Waals surface area (Å²) in [5.41, 5.74) is 0.702. The van der Waals surface area contributed by atoms with E-state index >= 15 is 0 Å². The minimum Gasteiger partial charge on any atom is -0.293 e. The number of ketones is 1. The fourth-order valence-corrected chi connectivity index (χ4v) is 4.78. The van der Waals surface area contributed by atoms with Crippen molar-refractivity contribution in [2.24, 2.45) is 5.10 Å². The number of nitro groups is 2. The summed E-state index contributed by atoms with van der Waals surface area (Å²) in [4.78, 5) is 47.1. The average molecular weight is 568 g/mol. The highest BCUT2D eigenvalue weighted by Crippen LogP contribution is 2.48. The van der Waals surface area contributed by atoms with E-state index in [1.807, 2.05) is 0 Å². The lowest BCUT2D eigenvalue weighted by Gasteiger charge is -2.12. The topological polar surface area (TPSA) is 145 Å². The molecule has 0 saturated heterocycles. The van der Waals surface area contributed by atoms with Crippen LogP contribution in [0.4, 0.5) is 11.4 Å². The highest BCUT2D eigenvalue weighted by Gasteiger charge is 2.43. The Morgan fingerprint density at radius 2 is 1.47 bits per heavy atom. The predicted molar refractivity (Wildman–Crippen MR) is 134 cm³/mol. The Hall–Kier alpha value is -3.57. The Kier molecular flexibility index (Phi) is 6.96. The Balaban J connectivity index is 1.87. The largest absolute Gasteiger partial charge is 0.293 e. The molecule has 3 aromatic carbocycles. The van der Waals surface area contributed by atoms with Crippen LogP contribution in [0.25, 0.3) is 0 Å². The van der Waals surface area contributed by atoms with Gasteiger partial charge in [0.15, 0.2) is 5.78 Å². The maximum atomic E-state index is 13.4. The maximum absolute atomic E-state index is 13.4. The number of benzene rings is 3. The first-order chi connectivity index (χ1) is 17.0. The number of nitro benzene ring substituents is 2. The first-order valence-corrected chi connectivity index (χ1v) is 11.3. The van der Waals surface area contributed by atoms with E-state index < -0.39 is 44.4 Å². The van der Waals surface area contributed by atoms with E-state index in [0.717, 1.165) is 18.2 Å². The van der Waals surface area contributed by atoms with E-state index in [2.05, 4.69) is 10.5 Å². The Bertz CT molecular complexity index is 1510. The summed E-state index contributed by atoms with van der Waals surface area (Å²) in [5, 5.41) is 26.0. The zero-order chi connectivity index (χ0) is 26.3. The molecule has 36 heavy (non-hydrogen) atoms. The Morgan fingerprint density at radius 1 is 0.861 bits per heavy atom. The number of nitrogens with one attached hydrogen (secondary N) is 1. The van der Waals surface area contributed by atoms with E-state index in [-0.39, 0.29) is 36.9 Å². The van der Waals surface area contributed by atoms with Crippen molar-refractivity contribution < 1.29 is 19.4 Å². The van der Waals surface area contributed by atoms with Gasteiger partial charge in [-0.2, -0.15) is 5.10 Å². The number of amides is 1. The summed E-state index contributed by atoms with van der Waals surface area (Å²) >= 11 is 25.0. The third kappa shape index (κ3) is 4.28. The van der Waals surface area contributed by atoms with Crippen LogP contribution in [0.1, 0.15) is 37.8 Å². The van der Waals surface area contributed by atoms with Crippen LogP contribution >= 0.6 is 46.4 Å². The third-order valence-corrected chi connectivity index (χ3v) is 7.15. The van der Waals surface area contributed by atoms with Crippen LogP contribution in [0, 0.1) is 20.2 Å². The SMILES string of the molecule is O=C(N/N=C1\c2c(Cl)c(Cl)c(Cl)c(Cl)c2C(=O)C1c1ccccc1)c1cc([N+](=O)[O-])ccc1[N+](=O)[O-]. The number of hydrogen-bond donors (Lipinski definition) is 1. The molecular weight excluding hydrogens is 558 g/mol. The van der Waals surface area contributed by atoms with Gasteiger partial charge in [-0.3, -0.25) is 29.8 Å². The molecule has 0 aliphatic heterocycles. The van der Waals surface area contributed by atoms with Crippen molar-refractivity contribution in [3.05, 3.63) is 111 Å². The number of carbonyl (C=O) groups excluding carboxylic acids is 2. The quantitative estimate of drug-likeness (QED) is 0.167. The van der Waals surface area contributed by atoms with E-state index in [0.29, 0.717) is 5.56 Å². The van der Waals surface area contributed by atoms with Crippen LogP contribution in [0.2, 0.25) is 20.1 Å². The number of fused-ring (bicyclic) bond motifs is 1. The van der Waals surface area contributed by atoms with Gasteiger partial charge in [-0.05, 0) is 5.56 Å². The van der Waals surface area contributed by atoms with Crippen LogP contribution in [0.3, 0.4) is 0 Å². The average Bonchev–Trinajstić information content (AvgIpc) is 3.16. The van der Waals surface area contributed by atoms with Crippen molar-refractivity contribution in [1.82, 2.24) is 5.43 Å². The summed E-state index contributed by atoms with van der Waals surface area (Å²) in [6.45, 7) is 0.